The van der Waals surface area contributed by atoms with Crippen molar-refractivity contribution in [2.75, 3.05) is 26.7 Å². The van der Waals surface area contributed by atoms with Gasteiger partial charge in [0.15, 0.2) is 0 Å². The molecule has 18 heavy (non-hydrogen) atoms. The quantitative estimate of drug-likeness (QED) is 0.643. The number of esters is 1. The van der Waals surface area contributed by atoms with Crippen molar-refractivity contribution < 1.29 is 9.53 Å². The van der Waals surface area contributed by atoms with Crippen LogP contribution in [0.15, 0.2) is 0 Å². The topological polar surface area (TPSA) is 41.6 Å². The Hall–Kier alpha value is -0.610. The van der Waals surface area contributed by atoms with Gasteiger partial charge in [-0.2, -0.15) is 0 Å². The molecule has 4 heteroatoms. The molecule has 0 aromatic rings. The summed E-state index contributed by atoms with van der Waals surface area (Å²) in [5, 5.41) is 3.27. The Morgan fingerprint density at radius 2 is 2.00 bits per heavy atom. The maximum Gasteiger partial charge on any atom is 0.326 e. The summed E-state index contributed by atoms with van der Waals surface area (Å²) in [7, 11) is 2.10. The monoisotopic (exact) mass is 258 g/mol. The summed E-state index contributed by atoms with van der Waals surface area (Å²) in [6, 6.07) is 0.346. The van der Waals surface area contributed by atoms with E-state index in [0.717, 1.165) is 25.9 Å². The zero-order valence-corrected chi connectivity index (χ0v) is 12.9. The second-order valence-corrected chi connectivity index (χ2v) is 5.12. The Bertz CT molecular complexity index is 246. The highest BCUT2D eigenvalue weighted by atomic mass is 16.5. The lowest BCUT2D eigenvalue weighted by molar-refractivity contribution is -0.151. The third-order valence-corrected chi connectivity index (χ3v) is 3.33. The smallest absolute Gasteiger partial charge is 0.326 e. The number of hydrogen-bond donors (Lipinski definition) is 1. The predicted molar refractivity (Wildman–Crippen MR) is 75.7 cm³/mol. The van der Waals surface area contributed by atoms with Crippen LogP contribution in [-0.2, 0) is 9.53 Å². The van der Waals surface area contributed by atoms with E-state index in [9.17, 15) is 4.79 Å². The zero-order chi connectivity index (χ0) is 14.2. The molecule has 0 rings (SSSR count). The Balaban J connectivity index is 4.63. The summed E-state index contributed by atoms with van der Waals surface area (Å²) < 4.78 is 5.18. The molecule has 2 atom stereocenters. The molecule has 4 nitrogen and oxygen atoms in total. The molecular formula is C14H30N2O2. The highest BCUT2D eigenvalue weighted by Gasteiger charge is 2.36. The lowest BCUT2D eigenvalue weighted by Gasteiger charge is -2.34. The highest BCUT2D eigenvalue weighted by molar-refractivity contribution is 5.80. The van der Waals surface area contributed by atoms with Gasteiger partial charge in [-0.1, -0.05) is 13.8 Å². The van der Waals surface area contributed by atoms with Gasteiger partial charge in [-0.15, -0.1) is 0 Å². The van der Waals surface area contributed by atoms with E-state index < -0.39 is 5.54 Å². The molecule has 0 amide bonds. The van der Waals surface area contributed by atoms with Gasteiger partial charge < -0.3 is 15.0 Å². The van der Waals surface area contributed by atoms with Crippen molar-refractivity contribution in [2.24, 2.45) is 0 Å². The standard InChI is InChI=1S/C14H30N2O2/c1-7-10-16(6)12(4)11-14(5,15-8-2)13(17)18-9-3/h12,15H,7-11H2,1-6H3. The minimum Gasteiger partial charge on any atom is -0.465 e. The predicted octanol–water partition coefficient (Wildman–Crippen LogP) is 2.04. The van der Waals surface area contributed by atoms with E-state index in [1.165, 1.54) is 0 Å². The number of rotatable bonds is 9. The van der Waals surface area contributed by atoms with Crippen molar-refractivity contribution >= 4 is 5.97 Å². The molecule has 0 spiro atoms. The molecule has 2 unspecified atom stereocenters. The lowest BCUT2D eigenvalue weighted by atomic mass is 9.92. The zero-order valence-electron chi connectivity index (χ0n) is 12.9. The van der Waals surface area contributed by atoms with Crippen LogP contribution in [-0.4, -0.2) is 49.2 Å². The fourth-order valence-electron chi connectivity index (χ4n) is 2.23. The van der Waals surface area contributed by atoms with Crippen LogP contribution >= 0.6 is 0 Å². The van der Waals surface area contributed by atoms with Crippen molar-refractivity contribution in [1.29, 1.82) is 0 Å². The minimum absolute atomic E-state index is 0.149. The summed E-state index contributed by atoms with van der Waals surface area (Å²) in [5.41, 5.74) is -0.591. The normalized spacial score (nSPS) is 16.4. The molecule has 0 bridgehead atoms. The van der Waals surface area contributed by atoms with E-state index in [0.29, 0.717) is 12.6 Å². The fraction of sp³-hybridized carbons (Fsp3) is 0.929. The number of hydrogen-bond acceptors (Lipinski definition) is 4. The van der Waals surface area contributed by atoms with Crippen molar-refractivity contribution in [1.82, 2.24) is 10.2 Å². The number of carbonyl (C=O) groups is 1. The van der Waals surface area contributed by atoms with E-state index in [1.54, 1.807) is 0 Å². The molecule has 0 aliphatic rings. The van der Waals surface area contributed by atoms with E-state index >= 15 is 0 Å². The molecule has 108 valence electrons. The van der Waals surface area contributed by atoms with Crippen molar-refractivity contribution in [3.63, 3.8) is 0 Å². The molecule has 0 saturated carbocycles. The molecule has 1 N–H and O–H groups in total. The third-order valence-electron chi connectivity index (χ3n) is 3.33. The summed E-state index contributed by atoms with van der Waals surface area (Å²) in [6.45, 7) is 12.4. The molecular weight excluding hydrogens is 228 g/mol. The van der Waals surface area contributed by atoms with Crippen molar-refractivity contribution in [2.45, 2.75) is 59.0 Å². The van der Waals surface area contributed by atoms with Gasteiger partial charge in [0.05, 0.1) is 6.61 Å². The maximum atomic E-state index is 12.1. The molecule has 0 heterocycles. The Labute approximate surface area is 112 Å². The number of ether oxygens (including phenoxy) is 1. The Morgan fingerprint density at radius 1 is 1.39 bits per heavy atom. The van der Waals surface area contributed by atoms with Crippen LogP contribution in [0.5, 0.6) is 0 Å². The van der Waals surface area contributed by atoms with Crippen LogP contribution in [0.25, 0.3) is 0 Å². The summed E-state index contributed by atoms with van der Waals surface area (Å²) in [5.74, 6) is -0.149. The van der Waals surface area contributed by atoms with E-state index in [-0.39, 0.29) is 5.97 Å². The van der Waals surface area contributed by atoms with Crippen LogP contribution < -0.4 is 5.32 Å². The second-order valence-electron chi connectivity index (χ2n) is 5.12. The first-order chi connectivity index (χ1) is 8.41. The molecule has 0 aromatic carbocycles. The van der Waals surface area contributed by atoms with E-state index in [4.69, 9.17) is 4.74 Å². The van der Waals surface area contributed by atoms with Gasteiger partial charge in [0.2, 0.25) is 0 Å². The van der Waals surface area contributed by atoms with Gasteiger partial charge in [-0.25, -0.2) is 0 Å². The van der Waals surface area contributed by atoms with Crippen LogP contribution in [0.3, 0.4) is 0 Å². The second kappa shape index (κ2) is 8.48. The van der Waals surface area contributed by atoms with Crippen LogP contribution in [0.2, 0.25) is 0 Å². The molecule has 0 aliphatic heterocycles. The summed E-state index contributed by atoms with van der Waals surface area (Å²) in [4.78, 5) is 14.4. The average molecular weight is 258 g/mol. The maximum absolute atomic E-state index is 12.1. The first kappa shape index (κ1) is 17.4. The van der Waals surface area contributed by atoms with Gasteiger partial charge in [0.1, 0.15) is 5.54 Å². The first-order valence-corrected chi connectivity index (χ1v) is 7.03. The highest BCUT2D eigenvalue weighted by Crippen LogP contribution is 2.18. The molecule has 0 radical (unpaired) electrons. The lowest BCUT2D eigenvalue weighted by Crippen LogP contribution is -2.54. The van der Waals surface area contributed by atoms with Crippen molar-refractivity contribution in [3.8, 4) is 0 Å². The van der Waals surface area contributed by atoms with Crippen LogP contribution in [0, 0.1) is 0 Å². The molecule has 0 aliphatic carbocycles. The van der Waals surface area contributed by atoms with Gasteiger partial charge >= 0.3 is 5.97 Å². The SMILES string of the molecule is CCCN(C)C(C)CC(C)(NCC)C(=O)OCC. The molecule has 0 saturated heterocycles. The summed E-state index contributed by atoms with van der Waals surface area (Å²) in [6.07, 6.45) is 1.88. The van der Waals surface area contributed by atoms with Crippen molar-refractivity contribution in [3.05, 3.63) is 0 Å². The van der Waals surface area contributed by atoms with E-state index in [1.807, 2.05) is 20.8 Å². The average Bonchev–Trinajstić information content (AvgIpc) is 2.29. The van der Waals surface area contributed by atoms with Crippen LogP contribution in [0.1, 0.15) is 47.5 Å². The van der Waals surface area contributed by atoms with E-state index in [2.05, 4.69) is 31.1 Å². The number of likely N-dealkylation sites (N-methyl/N-ethyl adjacent to an activating group) is 1. The van der Waals surface area contributed by atoms with Gasteiger partial charge in [-0.3, -0.25) is 4.79 Å². The number of nitrogens with zero attached hydrogens (tertiary/aromatic N) is 1. The Morgan fingerprint density at radius 3 is 2.44 bits per heavy atom. The molecule has 0 fully saturated rings. The van der Waals surface area contributed by atoms with Gasteiger partial charge in [0, 0.05) is 6.04 Å². The Kier molecular flexibility index (Phi) is 8.20. The third kappa shape index (κ3) is 5.36. The number of carbonyl (C=O) groups excluding carboxylic acids is 1. The largest absolute Gasteiger partial charge is 0.465 e. The first-order valence-electron chi connectivity index (χ1n) is 7.03. The number of nitrogens with one attached hydrogen (secondary N) is 1. The van der Waals surface area contributed by atoms with Gasteiger partial charge in [0.25, 0.3) is 0 Å². The van der Waals surface area contributed by atoms with Crippen LogP contribution in [0.4, 0.5) is 0 Å². The van der Waals surface area contributed by atoms with Gasteiger partial charge in [-0.05, 0) is 53.8 Å². The fourth-order valence-corrected chi connectivity index (χ4v) is 2.23. The molecule has 0 aromatic heterocycles. The summed E-state index contributed by atoms with van der Waals surface area (Å²) >= 11 is 0. The minimum atomic E-state index is -0.591.